The van der Waals surface area contributed by atoms with Gasteiger partial charge in [-0.05, 0) is 48.6 Å². The Morgan fingerprint density at radius 2 is 2.00 bits per heavy atom. The van der Waals surface area contributed by atoms with Crippen molar-refractivity contribution in [3.63, 3.8) is 0 Å². The van der Waals surface area contributed by atoms with Gasteiger partial charge in [0.2, 0.25) is 0 Å². The van der Waals surface area contributed by atoms with Crippen LogP contribution < -0.4 is 5.32 Å². The number of hydrogen-bond donors (Lipinski definition) is 1. The summed E-state index contributed by atoms with van der Waals surface area (Å²) < 4.78 is 26.0. The molecule has 5 heteroatoms. The number of thiophene rings is 1. The van der Waals surface area contributed by atoms with E-state index in [0.717, 1.165) is 17.7 Å². The molecule has 1 heterocycles. The molecule has 1 aromatic carbocycles. The number of carbonyl (C=O) groups excluding carboxylic acids is 1. The standard InChI is InChI=1S/C14H13F2NOS/c1-8-5-6-19-13(8)14(18)17-9(2)10-3-4-11(15)12(16)7-10/h3-7,9H,1-2H3,(H,17,18)/t9-/m1/s1. The van der Waals surface area contributed by atoms with Gasteiger partial charge in [0.1, 0.15) is 0 Å². The molecule has 0 aliphatic rings. The number of carbonyl (C=O) groups is 1. The Morgan fingerprint density at radius 3 is 2.58 bits per heavy atom. The predicted molar refractivity (Wildman–Crippen MR) is 71.3 cm³/mol. The lowest BCUT2D eigenvalue weighted by molar-refractivity contribution is 0.0943. The van der Waals surface area contributed by atoms with Crippen LogP contribution in [0.4, 0.5) is 8.78 Å². The molecular formula is C14H13F2NOS. The molecule has 0 aliphatic heterocycles. The van der Waals surface area contributed by atoms with Crippen LogP contribution in [0.5, 0.6) is 0 Å². The zero-order chi connectivity index (χ0) is 14.0. The van der Waals surface area contributed by atoms with Crippen LogP contribution in [0.1, 0.15) is 33.8 Å². The molecule has 19 heavy (non-hydrogen) atoms. The Kier molecular flexibility index (Phi) is 3.95. The second kappa shape index (κ2) is 5.48. The smallest absolute Gasteiger partial charge is 0.262 e. The molecule has 1 atom stereocenters. The maximum absolute atomic E-state index is 13.1. The minimum absolute atomic E-state index is 0.204. The third-order valence-electron chi connectivity index (χ3n) is 2.86. The summed E-state index contributed by atoms with van der Waals surface area (Å²) in [7, 11) is 0. The van der Waals surface area contributed by atoms with E-state index in [4.69, 9.17) is 0 Å². The number of benzene rings is 1. The summed E-state index contributed by atoms with van der Waals surface area (Å²) in [4.78, 5) is 12.6. The van der Waals surface area contributed by atoms with E-state index in [2.05, 4.69) is 5.32 Å². The molecule has 0 radical (unpaired) electrons. The van der Waals surface area contributed by atoms with Gasteiger partial charge in [0.05, 0.1) is 10.9 Å². The first-order chi connectivity index (χ1) is 8.99. The van der Waals surface area contributed by atoms with Gasteiger partial charge in [-0.25, -0.2) is 8.78 Å². The maximum atomic E-state index is 13.1. The van der Waals surface area contributed by atoms with Gasteiger partial charge in [0, 0.05) is 0 Å². The molecule has 0 saturated heterocycles. The van der Waals surface area contributed by atoms with Crippen molar-refractivity contribution in [3.8, 4) is 0 Å². The highest BCUT2D eigenvalue weighted by Gasteiger charge is 2.15. The van der Waals surface area contributed by atoms with Gasteiger partial charge in [0.15, 0.2) is 11.6 Å². The second-order valence-corrected chi connectivity index (χ2v) is 5.22. The summed E-state index contributed by atoms with van der Waals surface area (Å²) in [5, 5.41) is 4.61. The molecule has 0 spiro atoms. The van der Waals surface area contributed by atoms with Crippen molar-refractivity contribution < 1.29 is 13.6 Å². The summed E-state index contributed by atoms with van der Waals surface area (Å²) in [5.74, 6) is -2.01. The van der Waals surface area contributed by atoms with Gasteiger partial charge < -0.3 is 5.32 Å². The summed E-state index contributed by atoms with van der Waals surface area (Å²) in [5.41, 5.74) is 1.43. The highest BCUT2D eigenvalue weighted by Crippen LogP contribution is 2.19. The van der Waals surface area contributed by atoms with Gasteiger partial charge in [0.25, 0.3) is 5.91 Å². The monoisotopic (exact) mass is 281 g/mol. The number of rotatable bonds is 3. The van der Waals surface area contributed by atoms with Crippen LogP contribution in [0.25, 0.3) is 0 Å². The predicted octanol–water partition coefficient (Wildman–Crippen LogP) is 3.83. The SMILES string of the molecule is Cc1ccsc1C(=O)N[C@H](C)c1ccc(F)c(F)c1. The molecule has 0 unspecified atom stereocenters. The lowest BCUT2D eigenvalue weighted by atomic mass is 10.1. The van der Waals surface area contributed by atoms with Crippen molar-refractivity contribution in [3.05, 3.63) is 57.3 Å². The molecule has 0 saturated carbocycles. The summed E-state index contributed by atoms with van der Waals surface area (Å²) in [6.07, 6.45) is 0. The van der Waals surface area contributed by atoms with E-state index in [1.54, 1.807) is 6.92 Å². The minimum atomic E-state index is -0.911. The molecule has 1 N–H and O–H groups in total. The van der Waals surface area contributed by atoms with Crippen LogP contribution in [0, 0.1) is 18.6 Å². The van der Waals surface area contributed by atoms with E-state index in [0.29, 0.717) is 10.4 Å². The average Bonchev–Trinajstić information content (AvgIpc) is 2.79. The minimum Gasteiger partial charge on any atom is -0.345 e. The van der Waals surface area contributed by atoms with Gasteiger partial charge in [-0.1, -0.05) is 6.07 Å². The quantitative estimate of drug-likeness (QED) is 0.910. The topological polar surface area (TPSA) is 29.1 Å². The molecule has 2 aromatic rings. The molecule has 2 rings (SSSR count). The molecule has 0 aliphatic carbocycles. The number of hydrogen-bond acceptors (Lipinski definition) is 2. The van der Waals surface area contributed by atoms with Crippen molar-refractivity contribution >= 4 is 17.2 Å². The van der Waals surface area contributed by atoms with Gasteiger partial charge in [-0.2, -0.15) is 0 Å². The van der Waals surface area contributed by atoms with E-state index >= 15 is 0 Å². The van der Waals surface area contributed by atoms with E-state index in [-0.39, 0.29) is 11.9 Å². The number of aryl methyl sites for hydroxylation is 1. The van der Waals surface area contributed by atoms with Crippen LogP contribution in [-0.2, 0) is 0 Å². The van der Waals surface area contributed by atoms with E-state index in [9.17, 15) is 13.6 Å². The fourth-order valence-electron chi connectivity index (χ4n) is 1.73. The Morgan fingerprint density at radius 1 is 1.26 bits per heavy atom. The highest BCUT2D eigenvalue weighted by molar-refractivity contribution is 7.12. The Hall–Kier alpha value is -1.75. The Bertz CT molecular complexity index is 609. The van der Waals surface area contributed by atoms with E-state index in [1.807, 2.05) is 18.4 Å². The third kappa shape index (κ3) is 2.98. The Labute approximate surface area is 114 Å². The second-order valence-electron chi connectivity index (χ2n) is 4.30. The van der Waals surface area contributed by atoms with Crippen molar-refractivity contribution in [1.82, 2.24) is 5.32 Å². The summed E-state index contributed by atoms with van der Waals surface area (Å²) in [6, 6.07) is 5.10. The molecule has 1 aromatic heterocycles. The highest BCUT2D eigenvalue weighted by atomic mass is 32.1. The van der Waals surface area contributed by atoms with Crippen LogP contribution in [0.15, 0.2) is 29.6 Å². The van der Waals surface area contributed by atoms with Crippen LogP contribution in [-0.4, -0.2) is 5.91 Å². The van der Waals surface area contributed by atoms with Crippen LogP contribution >= 0.6 is 11.3 Å². The number of amides is 1. The van der Waals surface area contributed by atoms with Crippen LogP contribution in [0.2, 0.25) is 0 Å². The molecule has 1 amide bonds. The van der Waals surface area contributed by atoms with Gasteiger partial charge >= 0.3 is 0 Å². The molecule has 0 bridgehead atoms. The molecule has 2 nitrogen and oxygen atoms in total. The first-order valence-corrected chi connectivity index (χ1v) is 6.67. The number of halogens is 2. The fraction of sp³-hybridized carbons (Fsp3) is 0.214. The third-order valence-corrected chi connectivity index (χ3v) is 3.87. The van der Waals surface area contributed by atoms with Gasteiger partial charge in [-0.15, -0.1) is 11.3 Å². The Balaban J connectivity index is 2.13. The largest absolute Gasteiger partial charge is 0.345 e. The molecular weight excluding hydrogens is 268 g/mol. The van der Waals surface area contributed by atoms with Crippen molar-refractivity contribution in [1.29, 1.82) is 0 Å². The average molecular weight is 281 g/mol. The first-order valence-electron chi connectivity index (χ1n) is 5.79. The van der Waals surface area contributed by atoms with Gasteiger partial charge in [-0.3, -0.25) is 4.79 Å². The van der Waals surface area contributed by atoms with Crippen molar-refractivity contribution in [2.45, 2.75) is 19.9 Å². The van der Waals surface area contributed by atoms with Crippen molar-refractivity contribution in [2.75, 3.05) is 0 Å². The number of nitrogens with one attached hydrogen (secondary N) is 1. The lowest BCUT2D eigenvalue weighted by Crippen LogP contribution is -2.26. The van der Waals surface area contributed by atoms with E-state index in [1.165, 1.54) is 17.4 Å². The zero-order valence-electron chi connectivity index (χ0n) is 10.5. The lowest BCUT2D eigenvalue weighted by Gasteiger charge is -2.14. The van der Waals surface area contributed by atoms with Crippen molar-refractivity contribution in [2.24, 2.45) is 0 Å². The van der Waals surface area contributed by atoms with E-state index < -0.39 is 11.6 Å². The maximum Gasteiger partial charge on any atom is 0.262 e. The fourth-order valence-corrected chi connectivity index (χ4v) is 2.56. The zero-order valence-corrected chi connectivity index (χ0v) is 11.4. The normalized spacial score (nSPS) is 12.2. The summed E-state index contributed by atoms with van der Waals surface area (Å²) in [6.45, 7) is 3.58. The van der Waals surface area contributed by atoms with Crippen LogP contribution in [0.3, 0.4) is 0 Å². The molecule has 0 fully saturated rings. The molecule has 100 valence electrons. The first kappa shape index (κ1) is 13.7. The summed E-state index contributed by atoms with van der Waals surface area (Å²) >= 11 is 1.35.